The molecule has 1 saturated heterocycles. The van der Waals surface area contributed by atoms with Crippen LogP contribution in [-0.4, -0.2) is 49.6 Å². The fourth-order valence-corrected chi connectivity index (χ4v) is 2.95. The molecule has 2 aromatic carbocycles. The lowest BCUT2D eigenvalue weighted by Gasteiger charge is -2.26. The highest BCUT2D eigenvalue weighted by Crippen LogP contribution is 2.16. The van der Waals surface area contributed by atoms with Crippen molar-refractivity contribution in [3.8, 4) is 11.8 Å². The second-order valence-electron chi connectivity index (χ2n) is 6.84. The first-order chi connectivity index (χ1) is 14.5. The van der Waals surface area contributed by atoms with Gasteiger partial charge < -0.3 is 19.7 Å². The van der Waals surface area contributed by atoms with Gasteiger partial charge in [0.15, 0.2) is 6.61 Å². The number of anilines is 1. The molecule has 30 heavy (non-hydrogen) atoms. The maximum absolute atomic E-state index is 12.4. The van der Waals surface area contributed by atoms with E-state index in [-0.39, 0.29) is 18.1 Å². The van der Waals surface area contributed by atoms with E-state index in [0.29, 0.717) is 43.3 Å². The average molecular weight is 405 g/mol. The highest BCUT2D eigenvalue weighted by atomic mass is 16.5. The normalized spacial score (nSPS) is 14.0. The van der Waals surface area contributed by atoms with Crippen LogP contribution >= 0.6 is 0 Å². The van der Waals surface area contributed by atoms with Gasteiger partial charge in [-0.1, -0.05) is 24.3 Å². The van der Waals surface area contributed by atoms with Crippen molar-refractivity contribution < 1.29 is 19.1 Å². The third-order valence-corrected chi connectivity index (χ3v) is 4.56. The first-order valence-corrected chi connectivity index (χ1v) is 9.63. The second-order valence-corrected chi connectivity index (χ2v) is 6.84. The van der Waals surface area contributed by atoms with Crippen molar-refractivity contribution in [3.05, 3.63) is 65.2 Å². The predicted molar refractivity (Wildman–Crippen MR) is 113 cm³/mol. The Morgan fingerprint density at radius 3 is 2.60 bits per heavy atom. The number of aryl methyl sites for hydroxylation is 1. The Labute approximate surface area is 175 Å². The number of amides is 2. The third kappa shape index (κ3) is 5.93. The second kappa shape index (κ2) is 10.2. The van der Waals surface area contributed by atoms with E-state index in [9.17, 15) is 14.9 Å². The maximum atomic E-state index is 12.4. The molecule has 0 aliphatic carbocycles. The molecule has 3 rings (SSSR count). The zero-order valence-corrected chi connectivity index (χ0v) is 16.8. The monoisotopic (exact) mass is 405 g/mol. The summed E-state index contributed by atoms with van der Waals surface area (Å²) in [7, 11) is 0. The molecule has 1 aliphatic rings. The van der Waals surface area contributed by atoms with Crippen LogP contribution < -0.4 is 10.1 Å². The smallest absolute Gasteiger partial charge is 0.266 e. The summed E-state index contributed by atoms with van der Waals surface area (Å²) in [6.07, 6.45) is 1.51. The molecule has 0 spiro atoms. The summed E-state index contributed by atoms with van der Waals surface area (Å²) in [6, 6.07) is 16.2. The number of hydrogen-bond donors (Lipinski definition) is 1. The molecule has 1 heterocycles. The molecule has 0 aromatic heterocycles. The van der Waals surface area contributed by atoms with E-state index in [1.165, 1.54) is 6.08 Å². The number of ether oxygens (including phenoxy) is 2. The van der Waals surface area contributed by atoms with Gasteiger partial charge in [0, 0.05) is 18.8 Å². The summed E-state index contributed by atoms with van der Waals surface area (Å²) < 4.78 is 10.8. The minimum absolute atomic E-state index is 0.00679. The predicted octanol–water partition coefficient (Wildman–Crippen LogP) is 2.78. The topological polar surface area (TPSA) is 91.7 Å². The standard InChI is InChI=1S/C23H23N3O4/c1-17-3-2-4-20(13-17)25-23(28)19(15-24)14-18-5-7-21(8-6-18)30-16-22(27)26-9-11-29-12-10-26/h2-8,13-14H,9-12,16H2,1H3,(H,25,28)/b19-14-. The lowest BCUT2D eigenvalue weighted by molar-refractivity contribution is -0.137. The van der Waals surface area contributed by atoms with E-state index in [1.54, 1.807) is 35.2 Å². The minimum Gasteiger partial charge on any atom is -0.484 e. The Kier molecular flexibility index (Phi) is 7.19. The van der Waals surface area contributed by atoms with Gasteiger partial charge in [-0.05, 0) is 48.4 Å². The molecule has 2 aromatic rings. The van der Waals surface area contributed by atoms with E-state index in [1.807, 2.05) is 31.2 Å². The molecular formula is C23H23N3O4. The SMILES string of the molecule is Cc1cccc(NC(=O)/C(C#N)=C\c2ccc(OCC(=O)N3CCOCC3)cc2)c1. The highest BCUT2D eigenvalue weighted by molar-refractivity contribution is 6.09. The molecule has 7 nitrogen and oxygen atoms in total. The van der Waals surface area contributed by atoms with E-state index in [2.05, 4.69) is 5.32 Å². The van der Waals surface area contributed by atoms with Crippen LogP contribution in [0.25, 0.3) is 6.08 Å². The van der Waals surface area contributed by atoms with Crippen LogP contribution in [0.2, 0.25) is 0 Å². The Hall–Kier alpha value is -3.63. The number of benzene rings is 2. The van der Waals surface area contributed by atoms with E-state index in [4.69, 9.17) is 9.47 Å². The Bertz CT molecular complexity index is 971. The summed E-state index contributed by atoms with van der Waals surface area (Å²) in [4.78, 5) is 26.2. The maximum Gasteiger partial charge on any atom is 0.266 e. The van der Waals surface area contributed by atoms with E-state index in [0.717, 1.165) is 5.56 Å². The van der Waals surface area contributed by atoms with Gasteiger partial charge in [-0.2, -0.15) is 5.26 Å². The molecule has 2 amide bonds. The van der Waals surface area contributed by atoms with Crippen LogP contribution in [0.4, 0.5) is 5.69 Å². The van der Waals surface area contributed by atoms with Gasteiger partial charge in [-0.3, -0.25) is 9.59 Å². The summed E-state index contributed by atoms with van der Waals surface area (Å²) in [5, 5.41) is 12.1. The van der Waals surface area contributed by atoms with Crippen LogP contribution in [0.1, 0.15) is 11.1 Å². The van der Waals surface area contributed by atoms with Crippen molar-refractivity contribution >= 4 is 23.6 Å². The van der Waals surface area contributed by atoms with Gasteiger partial charge in [0.1, 0.15) is 17.4 Å². The summed E-state index contributed by atoms with van der Waals surface area (Å²) >= 11 is 0. The van der Waals surface area contributed by atoms with Crippen molar-refractivity contribution in [2.45, 2.75) is 6.92 Å². The lowest BCUT2D eigenvalue weighted by Crippen LogP contribution is -2.42. The van der Waals surface area contributed by atoms with E-state index < -0.39 is 5.91 Å². The number of rotatable bonds is 6. The van der Waals surface area contributed by atoms with Gasteiger partial charge in [0.05, 0.1) is 13.2 Å². The number of nitriles is 1. The summed E-state index contributed by atoms with van der Waals surface area (Å²) in [5.41, 5.74) is 2.32. The number of nitrogens with one attached hydrogen (secondary N) is 1. The highest BCUT2D eigenvalue weighted by Gasteiger charge is 2.17. The zero-order chi connectivity index (χ0) is 21.3. The molecule has 0 atom stereocenters. The zero-order valence-electron chi connectivity index (χ0n) is 16.8. The van der Waals surface area contributed by atoms with Crippen LogP contribution in [0, 0.1) is 18.3 Å². The molecule has 154 valence electrons. The third-order valence-electron chi connectivity index (χ3n) is 4.56. The lowest BCUT2D eigenvalue weighted by atomic mass is 10.1. The molecule has 1 fully saturated rings. The fourth-order valence-electron chi connectivity index (χ4n) is 2.95. The Balaban J connectivity index is 1.58. The van der Waals surface area contributed by atoms with Crippen molar-refractivity contribution in [1.82, 2.24) is 4.90 Å². The molecule has 7 heteroatoms. The molecule has 0 saturated carbocycles. The molecule has 0 bridgehead atoms. The van der Waals surface area contributed by atoms with Gasteiger partial charge in [-0.15, -0.1) is 0 Å². The molecule has 0 radical (unpaired) electrons. The van der Waals surface area contributed by atoms with Crippen LogP contribution in [-0.2, 0) is 14.3 Å². The van der Waals surface area contributed by atoms with Crippen LogP contribution in [0.3, 0.4) is 0 Å². The van der Waals surface area contributed by atoms with Crippen molar-refractivity contribution in [2.75, 3.05) is 38.2 Å². The van der Waals surface area contributed by atoms with E-state index >= 15 is 0 Å². The molecular weight excluding hydrogens is 382 g/mol. The molecule has 0 unspecified atom stereocenters. The minimum atomic E-state index is -0.473. The van der Waals surface area contributed by atoms with Gasteiger partial charge in [0.25, 0.3) is 11.8 Å². The van der Waals surface area contributed by atoms with Crippen molar-refractivity contribution in [3.63, 3.8) is 0 Å². The number of morpholine rings is 1. The van der Waals surface area contributed by atoms with Crippen molar-refractivity contribution in [1.29, 1.82) is 5.26 Å². The van der Waals surface area contributed by atoms with Gasteiger partial charge in [-0.25, -0.2) is 0 Å². The first-order valence-electron chi connectivity index (χ1n) is 9.63. The van der Waals surface area contributed by atoms with Crippen LogP contribution in [0.5, 0.6) is 5.75 Å². The molecule has 1 aliphatic heterocycles. The summed E-state index contributed by atoms with van der Waals surface area (Å²) in [5.74, 6) is -0.0159. The number of hydrogen-bond acceptors (Lipinski definition) is 5. The van der Waals surface area contributed by atoms with Gasteiger partial charge >= 0.3 is 0 Å². The molecule has 1 N–H and O–H groups in total. The van der Waals surface area contributed by atoms with Crippen LogP contribution in [0.15, 0.2) is 54.1 Å². The fraction of sp³-hybridized carbons (Fsp3) is 0.261. The average Bonchev–Trinajstić information content (AvgIpc) is 2.77. The quantitative estimate of drug-likeness (QED) is 0.589. The Morgan fingerprint density at radius 1 is 1.20 bits per heavy atom. The number of nitrogens with zero attached hydrogens (tertiary/aromatic N) is 2. The Morgan fingerprint density at radius 2 is 1.93 bits per heavy atom. The summed E-state index contributed by atoms with van der Waals surface area (Å²) in [6.45, 7) is 4.13. The first kappa shape index (κ1) is 21.1. The largest absolute Gasteiger partial charge is 0.484 e. The number of carbonyl (C=O) groups excluding carboxylic acids is 2. The van der Waals surface area contributed by atoms with Crippen molar-refractivity contribution in [2.24, 2.45) is 0 Å². The number of carbonyl (C=O) groups is 2. The van der Waals surface area contributed by atoms with Gasteiger partial charge in [0.2, 0.25) is 0 Å².